The van der Waals surface area contributed by atoms with Crippen molar-refractivity contribution in [2.75, 3.05) is 6.54 Å². The highest BCUT2D eigenvalue weighted by Gasteiger charge is 2.53. The van der Waals surface area contributed by atoms with Gasteiger partial charge in [-0.2, -0.15) is 0 Å². The number of amides is 1. The molecule has 74 valence electrons. The van der Waals surface area contributed by atoms with E-state index < -0.39 is 17.6 Å². The van der Waals surface area contributed by atoms with E-state index >= 15 is 0 Å². The van der Waals surface area contributed by atoms with E-state index in [1.165, 1.54) is 0 Å². The number of nitrogens with zero attached hydrogens (tertiary/aromatic N) is 1. The molecule has 0 aromatic carbocycles. The molecule has 1 unspecified atom stereocenters. The summed E-state index contributed by atoms with van der Waals surface area (Å²) < 4.78 is 0. The Bertz CT molecular complexity index is 240. The third kappa shape index (κ3) is 1.34. The fraction of sp³-hybridized carbons (Fsp3) is 0.750. The zero-order valence-corrected chi connectivity index (χ0v) is 7.49. The van der Waals surface area contributed by atoms with Gasteiger partial charge in [-0.05, 0) is 12.8 Å². The average Bonchev–Trinajstić information content (AvgIpc) is 1.95. The molecule has 0 aromatic heterocycles. The Hall–Kier alpha value is -1.26. The van der Waals surface area contributed by atoms with Crippen molar-refractivity contribution in [2.24, 2.45) is 0 Å². The van der Waals surface area contributed by atoms with Crippen molar-refractivity contribution in [1.82, 2.24) is 4.90 Å². The molecular formula is C8H13NO4. The third-order valence-corrected chi connectivity index (χ3v) is 2.56. The van der Waals surface area contributed by atoms with Crippen LogP contribution in [0, 0.1) is 0 Å². The van der Waals surface area contributed by atoms with Gasteiger partial charge in [-0.3, -0.25) is 4.90 Å². The first-order valence-corrected chi connectivity index (χ1v) is 4.28. The molecule has 1 aliphatic rings. The average molecular weight is 187 g/mol. The lowest BCUT2D eigenvalue weighted by atomic mass is 9.81. The summed E-state index contributed by atoms with van der Waals surface area (Å²) in [7, 11) is 0. The van der Waals surface area contributed by atoms with Crippen LogP contribution >= 0.6 is 0 Å². The lowest BCUT2D eigenvalue weighted by Crippen LogP contribution is -2.66. The first-order valence-electron chi connectivity index (χ1n) is 4.28. The van der Waals surface area contributed by atoms with Gasteiger partial charge in [0.2, 0.25) is 0 Å². The summed E-state index contributed by atoms with van der Waals surface area (Å²) in [6.45, 7) is 2.19. The highest BCUT2D eigenvalue weighted by molar-refractivity contribution is 5.85. The van der Waals surface area contributed by atoms with E-state index in [2.05, 4.69) is 0 Å². The quantitative estimate of drug-likeness (QED) is 0.690. The Morgan fingerprint density at radius 2 is 2.08 bits per heavy atom. The second-order valence-corrected chi connectivity index (χ2v) is 3.27. The Kier molecular flexibility index (Phi) is 2.45. The predicted octanol–water partition coefficient (Wildman–Crippen LogP) is 0.994. The van der Waals surface area contributed by atoms with Crippen molar-refractivity contribution in [3.8, 4) is 0 Å². The van der Waals surface area contributed by atoms with Gasteiger partial charge in [-0.15, -0.1) is 0 Å². The van der Waals surface area contributed by atoms with Crippen molar-refractivity contribution in [1.29, 1.82) is 0 Å². The van der Waals surface area contributed by atoms with E-state index in [0.717, 1.165) is 4.90 Å². The number of carboxylic acid groups (broad SMARTS) is 2. The van der Waals surface area contributed by atoms with Crippen LogP contribution < -0.4 is 0 Å². The summed E-state index contributed by atoms with van der Waals surface area (Å²) in [5, 5.41) is 17.6. The van der Waals surface area contributed by atoms with Crippen LogP contribution in [0.4, 0.5) is 4.79 Å². The first kappa shape index (κ1) is 9.83. The van der Waals surface area contributed by atoms with Crippen LogP contribution in [0.3, 0.4) is 0 Å². The minimum atomic E-state index is -1.14. The minimum Gasteiger partial charge on any atom is -0.479 e. The number of aliphatic carboxylic acids is 1. The minimum absolute atomic E-state index is 0.335. The molecule has 0 aromatic rings. The normalized spacial score (nSPS) is 26.7. The molecule has 0 aliphatic carbocycles. The molecule has 0 spiro atoms. The molecule has 1 aliphatic heterocycles. The highest BCUT2D eigenvalue weighted by atomic mass is 16.4. The van der Waals surface area contributed by atoms with E-state index in [1.807, 2.05) is 6.92 Å². The van der Waals surface area contributed by atoms with Crippen molar-refractivity contribution < 1.29 is 19.8 Å². The summed E-state index contributed by atoms with van der Waals surface area (Å²) >= 11 is 0. The highest BCUT2D eigenvalue weighted by Crippen LogP contribution is 2.35. The van der Waals surface area contributed by atoms with Gasteiger partial charge >= 0.3 is 12.1 Å². The summed E-state index contributed by atoms with van der Waals surface area (Å²) in [6.07, 6.45) is 0.370. The van der Waals surface area contributed by atoms with Crippen molar-refractivity contribution in [2.45, 2.75) is 31.7 Å². The fourth-order valence-electron chi connectivity index (χ4n) is 1.78. The van der Waals surface area contributed by atoms with Gasteiger partial charge in [0.1, 0.15) is 5.54 Å². The maximum atomic E-state index is 10.9. The van der Waals surface area contributed by atoms with Crippen LogP contribution in [0.1, 0.15) is 26.2 Å². The number of hydrogen-bond donors (Lipinski definition) is 2. The van der Waals surface area contributed by atoms with Crippen LogP contribution in [0.15, 0.2) is 0 Å². The predicted molar refractivity (Wildman–Crippen MR) is 44.6 cm³/mol. The Morgan fingerprint density at radius 3 is 2.31 bits per heavy atom. The summed E-state index contributed by atoms with van der Waals surface area (Å²) in [5.74, 6) is -1.02. The smallest absolute Gasteiger partial charge is 0.408 e. The largest absolute Gasteiger partial charge is 0.479 e. The standard InChI is InChI=1S/C8H13NO4/c1-2-3-8(6(10)11)4-5-9(8)7(12)13/h2-5H2,1H3,(H,10,11)(H,12,13). The van der Waals surface area contributed by atoms with Gasteiger partial charge in [-0.1, -0.05) is 13.3 Å². The van der Waals surface area contributed by atoms with E-state index in [1.54, 1.807) is 0 Å². The molecule has 1 saturated heterocycles. The van der Waals surface area contributed by atoms with Gasteiger partial charge in [0.05, 0.1) is 0 Å². The van der Waals surface area contributed by atoms with E-state index in [4.69, 9.17) is 10.2 Å². The van der Waals surface area contributed by atoms with E-state index in [9.17, 15) is 9.59 Å². The number of rotatable bonds is 3. The SMILES string of the molecule is CCCC1(C(=O)O)CCN1C(=O)O. The number of hydrogen-bond acceptors (Lipinski definition) is 2. The van der Waals surface area contributed by atoms with Gasteiger partial charge in [0, 0.05) is 6.54 Å². The number of likely N-dealkylation sites (tertiary alicyclic amines) is 1. The van der Waals surface area contributed by atoms with Crippen LogP contribution in [-0.2, 0) is 4.79 Å². The zero-order valence-electron chi connectivity index (χ0n) is 7.49. The molecule has 1 atom stereocenters. The van der Waals surface area contributed by atoms with Crippen molar-refractivity contribution >= 4 is 12.1 Å². The Labute approximate surface area is 76.0 Å². The molecule has 0 radical (unpaired) electrons. The van der Waals surface area contributed by atoms with Crippen LogP contribution in [-0.4, -0.2) is 39.3 Å². The second-order valence-electron chi connectivity index (χ2n) is 3.27. The summed E-state index contributed by atoms with van der Waals surface area (Å²) in [6, 6.07) is 0. The summed E-state index contributed by atoms with van der Waals surface area (Å²) in [5.41, 5.74) is -1.14. The molecule has 5 heteroatoms. The van der Waals surface area contributed by atoms with Crippen LogP contribution in [0.25, 0.3) is 0 Å². The molecule has 5 nitrogen and oxygen atoms in total. The van der Waals surface area contributed by atoms with Crippen molar-refractivity contribution in [3.05, 3.63) is 0 Å². The number of carboxylic acids is 1. The maximum Gasteiger partial charge on any atom is 0.408 e. The molecule has 1 fully saturated rings. The topological polar surface area (TPSA) is 77.8 Å². The van der Waals surface area contributed by atoms with Gasteiger partial charge in [0.15, 0.2) is 0 Å². The molecule has 1 rings (SSSR count). The summed E-state index contributed by atoms with van der Waals surface area (Å²) in [4.78, 5) is 22.6. The number of carbonyl (C=O) groups is 2. The molecule has 2 N–H and O–H groups in total. The van der Waals surface area contributed by atoms with E-state index in [-0.39, 0.29) is 0 Å². The molecule has 0 saturated carbocycles. The van der Waals surface area contributed by atoms with Crippen molar-refractivity contribution in [3.63, 3.8) is 0 Å². The van der Waals surface area contributed by atoms with E-state index in [0.29, 0.717) is 25.8 Å². The lowest BCUT2D eigenvalue weighted by molar-refractivity contribution is -0.159. The first-order chi connectivity index (χ1) is 6.04. The Morgan fingerprint density at radius 1 is 1.46 bits per heavy atom. The lowest BCUT2D eigenvalue weighted by Gasteiger charge is -2.47. The second kappa shape index (κ2) is 3.24. The van der Waals surface area contributed by atoms with Crippen LogP contribution in [0.5, 0.6) is 0 Å². The molecular weight excluding hydrogens is 174 g/mol. The Balaban J connectivity index is 2.80. The molecule has 0 bridgehead atoms. The molecule has 1 heterocycles. The van der Waals surface area contributed by atoms with Gasteiger partial charge in [-0.25, -0.2) is 9.59 Å². The molecule has 13 heavy (non-hydrogen) atoms. The van der Waals surface area contributed by atoms with Gasteiger partial charge in [0.25, 0.3) is 0 Å². The monoisotopic (exact) mass is 187 g/mol. The third-order valence-electron chi connectivity index (χ3n) is 2.56. The zero-order chi connectivity index (χ0) is 10.1. The molecule has 1 amide bonds. The van der Waals surface area contributed by atoms with Crippen LogP contribution in [0.2, 0.25) is 0 Å². The van der Waals surface area contributed by atoms with Gasteiger partial charge < -0.3 is 10.2 Å². The fourth-order valence-corrected chi connectivity index (χ4v) is 1.78. The maximum absolute atomic E-state index is 10.9.